The molecule has 0 spiro atoms. The minimum absolute atomic E-state index is 0.0172. The van der Waals surface area contributed by atoms with Crippen LogP contribution in [0.2, 0.25) is 0 Å². The third-order valence-corrected chi connectivity index (χ3v) is 6.55. The Morgan fingerprint density at radius 3 is 2.59 bits per heavy atom. The first-order valence-electron chi connectivity index (χ1n) is 9.92. The molecule has 0 radical (unpaired) electrons. The summed E-state index contributed by atoms with van der Waals surface area (Å²) >= 11 is 1.76. The quantitative estimate of drug-likeness (QED) is 0.493. The van der Waals surface area contributed by atoms with Crippen molar-refractivity contribution in [1.29, 1.82) is 0 Å². The molecule has 1 heterocycles. The largest absolute Gasteiger partial charge is 0.508 e. The van der Waals surface area contributed by atoms with Crippen LogP contribution in [-0.2, 0) is 9.53 Å². The Morgan fingerprint density at radius 2 is 2.00 bits per heavy atom. The molecule has 1 fully saturated rings. The molecule has 0 bridgehead atoms. The minimum atomic E-state index is -0.272. The number of aromatic hydroxyl groups is 1. The molecule has 3 rings (SSSR count). The van der Waals surface area contributed by atoms with E-state index in [1.54, 1.807) is 17.8 Å². The van der Waals surface area contributed by atoms with E-state index in [0.29, 0.717) is 12.5 Å². The van der Waals surface area contributed by atoms with Crippen LogP contribution in [0.1, 0.15) is 70.6 Å². The summed E-state index contributed by atoms with van der Waals surface area (Å²) in [5.74, 6) is 0.197. The molecule has 1 unspecified atom stereocenters. The van der Waals surface area contributed by atoms with Crippen molar-refractivity contribution in [2.75, 3.05) is 6.61 Å². The zero-order chi connectivity index (χ0) is 19.8. The lowest BCUT2D eigenvalue weighted by Crippen LogP contribution is -2.24. The van der Waals surface area contributed by atoms with Crippen LogP contribution in [0, 0.1) is 12.8 Å². The Morgan fingerprint density at radius 1 is 1.33 bits per heavy atom. The number of esters is 1. The maximum absolute atomic E-state index is 13.0. The lowest BCUT2D eigenvalue weighted by atomic mass is 9.88. The fraction of sp³-hybridized carbons (Fsp3) is 0.591. The third-order valence-electron chi connectivity index (χ3n) is 5.31. The first-order chi connectivity index (χ1) is 12.7. The number of fused-ring (bicyclic) bond motifs is 1. The minimum Gasteiger partial charge on any atom is -0.508 e. The van der Waals surface area contributed by atoms with Crippen molar-refractivity contribution in [3.63, 3.8) is 0 Å². The molecule has 1 atom stereocenters. The van der Waals surface area contributed by atoms with Crippen molar-refractivity contribution in [3.05, 3.63) is 23.4 Å². The van der Waals surface area contributed by atoms with E-state index in [0.717, 1.165) is 39.9 Å². The number of aromatic nitrogens is 1. The molecular formula is C22H31NO3S. The highest BCUT2D eigenvalue weighted by Crippen LogP contribution is 2.48. The summed E-state index contributed by atoms with van der Waals surface area (Å²) in [7, 11) is 0. The van der Waals surface area contributed by atoms with E-state index in [1.807, 2.05) is 19.9 Å². The molecule has 0 saturated heterocycles. The molecule has 1 aromatic heterocycles. The number of ether oxygens (including phenoxy) is 1. The molecule has 4 nitrogen and oxygen atoms in total. The Bertz CT molecular complexity index is 828. The van der Waals surface area contributed by atoms with E-state index in [-0.39, 0.29) is 22.4 Å². The van der Waals surface area contributed by atoms with Crippen LogP contribution < -0.4 is 0 Å². The monoisotopic (exact) mass is 389 g/mol. The van der Waals surface area contributed by atoms with E-state index in [2.05, 4.69) is 25.8 Å². The van der Waals surface area contributed by atoms with Crippen LogP contribution in [0.25, 0.3) is 10.9 Å². The molecule has 2 N–H and O–H groups in total. The average molecular weight is 390 g/mol. The SMILES string of the molecule is CCOC(=O)C(c1[nH]c2ccc(O)c(C)c2c1SC(C)(C)C)C1CCCC1. The number of benzene rings is 1. The van der Waals surface area contributed by atoms with Gasteiger partial charge < -0.3 is 14.8 Å². The number of aryl methyl sites for hydroxylation is 1. The highest BCUT2D eigenvalue weighted by Gasteiger charge is 2.37. The number of hydrogen-bond acceptors (Lipinski definition) is 4. The molecule has 2 aromatic rings. The zero-order valence-electron chi connectivity index (χ0n) is 17.0. The maximum Gasteiger partial charge on any atom is 0.315 e. The van der Waals surface area contributed by atoms with Crippen molar-refractivity contribution < 1.29 is 14.6 Å². The Labute approximate surface area is 166 Å². The first-order valence-corrected chi connectivity index (χ1v) is 10.7. The van der Waals surface area contributed by atoms with Gasteiger partial charge in [-0.3, -0.25) is 4.79 Å². The molecule has 148 valence electrons. The van der Waals surface area contributed by atoms with Gasteiger partial charge in [0, 0.05) is 31.8 Å². The van der Waals surface area contributed by atoms with Gasteiger partial charge in [0.25, 0.3) is 0 Å². The molecule has 5 heteroatoms. The number of H-pyrrole nitrogens is 1. The van der Waals surface area contributed by atoms with Crippen LogP contribution in [-0.4, -0.2) is 27.4 Å². The normalized spacial score (nSPS) is 16.8. The van der Waals surface area contributed by atoms with Crippen molar-refractivity contribution in [1.82, 2.24) is 4.98 Å². The van der Waals surface area contributed by atoms with Crippen LogP contribution in [0.5, 0.6) is 5.75 Å². The second kappa shape index (κ2) is 7.78. The third kappa shape index (κ3) is 4.13. The second-order valence-electron chi connectivity index (χ2n) is 8.49. The lowest BCUT2D eigenvalue weighted by Gasteiger charge is -2.25. The molecule has 1 aliphatic rings. The number of nitrogens with one attached hydrogen (secondary N) is 1. The molecule has 1 saturated carbocycles. The highest BCUT2D eigenvalue weighted by molar-refractivity contribution is 8.00. The van der Waals surface area contributed by atoms with Crippen molar-refractivity contribution >= 4 is 28.6 Å². The van der Waals surface area contributed by atoms with Gasteiger partial charge in [-0.25, -0.2) is 0 Å². The molecule has 0 amide bonds. The van der Waals surface area contributed by atoms with Crippen LogP contribution in [0.15, 0.2) is 17.0 Å². The fourth-order valence-electron chi connectivity index (χ4n) is 4.13. The first kappa shape index (κ1) is 20.1. The number of carbonyl (C=O) groups is 1. The summed E-state index contributed by atoms with van der Waals surface area (Å²) < 4.78 is 5.47. The van der Waals surface area contributed by atoms with Crippen LogP contribution in [0.3, 0.4) is 0 Å². The molecular weight excluding hydrogens is 358 g/mol. The fourth-order valence-corrected chi connectivity index (χ4v) is 5.40. The maximum atomic E-state index is 13.0. The van der Waals surface area contributed by atoms with Gasteiger partial charge in [0.05, 0.1) is 6.61 Å². The second-order valence-corrected chi connectivity index (χ2v) is 10.3. The van der Waals surface area contributed by atoms with Gasteiger partial charge in [-0.15, -0.1) is 11.8 Å². The van der Waals surface area contributed by atoms with Crippen molar-refractivity contribution in [2.24, 2.45) is 5.92 Å². The van der Waals surface area contributed by atoms with Gasteiger partial charge in [0.15, 0.2) is 0 Å². The summed E-state index contributed by atoms with van der Waals surface area (Å²) in [5.41, 5.74) is 2.79. The Balaban J connectivity index is 2.21. The average Bonchev–Trinajstić information content (AvgIpc) is 3.20. The summed E-state index contributed by atoms with van der Waals surface area (Å²) in [6.07, 6.45) is 4.45. The van der Waals surface area contributed by atoms with Crippen LogP contribution in [0.4, 0.5) is 0 Å². The van der Waals surface area contributed by atoms with Gasteiger partial charge in [-0.1, -0.05) is 33.6 Å². The van der Waals surface area contributed by atoms with Gasteiger partial charge in [0.2, 0.25) is 0 Å². The standard InChI is InChI=1S/C22H31NO3S/c1-6-26-21(25)18(14-9-7-8-10-14)19-20(27-22(3,4)5)17-13(2)16(24)12-11-15(17)23-19/h11-12,14,18,23-24H,6-10H2,1-5H3. The lowest BCUT2D eigenvalue weighted by molar-refractivity contribution is -0.146. The smallest absolute Gasteiger partial charge is 0.315 e. The molecule has 27 heavy (non-hydrogen) atoms. The van der Waals surface area contributed by atoms with E-state index < -0.39 is 0 Å². The number of aromatic amines is 1. The van der Waals surface area contributed by atoms with Crippen molar-refractivity contribution in [3.8, 4) is 5.75 Å². The number of phenols is 1. The predicted octanol–water partition coefficient (Wildman–Crippen LogP) is 5.91. The van der Waals surface area contributed by atoms with Gasteiger partial charge in [-0.05, 0) is 44.7 Å². The summed E-state index contributed by atoms with van der Waals surface area (Å²) in [6.45, 7) is 10.7. The van der Waals surface area contributed by atoms with Gasteiger partial charge in [-0.2, -0.15) is 0 Å². The van der Waals surface area contributed by atoms with E-state index in [9.17, 15) is 9.90 Å². The summed E-state index contributed by atoms with van der Waals surface area (Å²) in [4.78, 5) is 17.6. The number of thioether (sulfide) groups is 1. The van der Waals surface area contributed by atoms with Gasteiger partial charge in [0.1, 0.15) is 11.7 Å². The number of rotatable bonds is 5. The molecule has 1 aromatic carbocycles. The topological polar surface area (TPSA) is 62.3 Å². The van der Waals surface area contributed by atoms with E-state index in [1.165, 1.54) is 12.8 Å². The zero-order valence-corrected chi connectivity index (χ0v) is 17.8. The van der Waals surface area contributed by atoms with Gasteiger partial charge >= 0.3 is 5.97 Å². The number of hydrogen-bond donors (Lipinski definition) is 2. The molecule has 1 aliphatic carbocycles. The predicted molar refractivity (Wildman–Crippen MR) is 112 cm³/mol. The highest BCUT2D eigenvalue weighted by atomic mass is 32.2. The number of carbonyl (C=O) groups excluding carboxylic acids is 1. The van der Waals surface area contributed by atoms with Crippen LogP contribution >= 0.6 is 11.8 Å². The Hall–Kier alpha value is -1.62. The Kier molecular flexibility index (Phi) is 5.80. The van der Waals surface area contributed by atoms with E-state index in [4.69, 9.17) is 4.74 Å². The van der Waals surface area contributed by atoms with E-state index >= 15 is 0 Å². The summed E-state index contributed by atoms with van der Waals surface area (Å²) in [6, 6.07) is 3.63. The van der Waals surface area contributed by atoms with Crippen molar-refractivity contribution in [2.45, 2.75) is 75.9 Å². The number of phenolic OH excluding ortho intramolecular Hbond substituents is 1. The molecule has 0 aliphatic heterocycles. The summed E-state index contributed by atoms with van der Waals surface area (Å²) in [5, 5.41) is 11.3.